The SMILES string of the molecule is Cc1cc2c(C)nc(N3CCNCC3)nc2o1.Cl. The molecule has 0 radical (unpaired) electrons. The number of piperazine rings is 1. The molecule has 3 rings (SSSR count). The fourth-order valence-corrected chi connectivity index (χ4v) is 2.18. The summed E-state index contributed by atoms with van der Waals surface area (Å²) in [5.41, 5.74) is 1.68. The average molecular weight is 269 g/mol. The standard InChI is InChI=1S/C12H16N4O.ClH/c1-8-7-10-9(2)14-12(15-11(10)17-8)16-5-3-13-4-6-16;/h7,13H,3-6H2,1-2H3;1H. The largest absolute Gasteiger partial charge is 0.443 e. The number of rotatable bonds is 1. The van der Waals surface area contributed by atoms with Crippen LogP contribution in [0.1, 0.15) is 11.5 Å². The molecule has 0 amide bonds. The number of hydrogen-bond acceptors (Lipinski definition) is 5. The third-order valence-corrected chi connectivity index (χ3v) is 3.09. The first kappa shape index (κ1) is 13.1. The molecule has 98 valence electrons. The molecule has 2 aromatic heterocycles. The highest BCUT2D eigenvalue weighted by Crippen LogP contribution is 2.22. The number of nitrogens with zero attached hydrogens (tertiary/aromatic N) is 3. The summed E-state index contributed by atoms with van der Waals surface area (Å²) in [6.07, 6.45) is 0. The zero-order valence-electron chi connectivity index (χ0n) is 10.6. The number of anilines is 1. The Hall–Kier alpha value is -1.33. The molecule has 1 aliphatic rings. The van der Waals surface area contributed by atoms with Gasteiger partial charge in [0.15, 0.2) is 0 Å². The summed E-state index contributed by atoms with van der Waals surface area (Å²) in [4.78, 5) is 11.3. The molecule has 18 heavy (non-hydrogen) atoms. The van der Waals surface area contributed by atoms with E-state index in [0.29, 0.717) is 5.71 Å². The Bertz CT molecular complexity index is 548. The first-order valence-corrected chi connectivity index (χ1v) is 5.94. The van der Waals surface area contributed by atoms with Crippen molar-refractivity contribution >= 4 is 29.5 Å². The first-order valence-electron chi connectivity index (χ1n) is 5.94. The lowest BCUT2D eigenvalue weighted by Gasteiger charge is -2.27. The van der Waals surface area contributed by atoms with Crippen molar-refractivity contribution in [2.45, 2.75) is 13.8 Å². The predicted octanol–water partition coefficient (Wildman–Crippen LogP) is 1.67. The molecule has 0 unspecified atom stereocenters. The van der Waals surface area contributed by atoms with Crippen LogP contribution in [0.2, 0.25) is 0 Å². The number of fused-ring (bicyclic) bond motifs is 1. The molecule has 0 spiro atoms. The van der Waals surface area contributed by atoms with Crippen LogP contribution in [0.5, 0.6) is 0 Å². The number of halogens is 1. The molecule has 0 saturated carbocycles. The van der Waals surface area contributed by atoms with Crippen LogP contribution in [0.25, 0.3) is 11.1 Å². The third kappa shape index (κ3) is 2.28. The first-order chi connectivity index (χ1) is 8.24. The minimum Gasteiger partial charge on any atom is -0.443 e. The maximum Gasteiger partial charge on any atom is 0.231 e. The molecule has 1 saturated heterocycles. The summed E-state index contributed by atoms with van der Waals surface area (Å²) in [5.74, 6) is 1.67. The Kier molecular flexibility index (Phi) is 3.73. The second-order valence-electron chi connectivity index (χ2n) is 4.42. The molecule has 1 fully saturated rings. The van der Waals surface area contributed by atoms with Gasteiger partial charge in [-0.2, -0.15) is 4.98 Å². The van der Waals surface area contributed by atoms with Crippen molar-refractivity contribution < 1.29 is 4.42 Å². The Morgan fingerprint density at radius 3 is 2.67 bits per heavy atom. The van der Waals surface area contributed by atoms with E-state index in [1.165, 1.54) is 0 Å². The Labute approximate surface area is 112 Å². The van der Waals surface area contributed by atoms with Crippen LogP contribution >= 0.6 is 12.4 Å². The van der Waals surface area contributed by atoms with Crippen LogP contribution in [0.4, 0.5) is 5.95 Å². The Morgan fingerprint density at radius 2 is 1.94 bits per heavy atom. The molecule has 2 aromatic rings. The zero-order chi connectivity index (χ0) is 11.8. The van der Waals surface area contributed by atoms with Gasteiger partial charge in [-0.1, -0.05) is 0 Å². The molecule has 3 heterocycles. The summed E-state index contributed by atoms with van der Waals surface area (Å²) in [6.45, 7) is 7.81. The molecule has 0 bridgehead atoms. The highest BCUT2D eigenvalue weighted by Gasteiger charge is 2.16. The molecule has 0 aromatic carbocycles. The fraction of sp³-hybridized carbons (Fsp3) is 0.500. The van der Waals surface area contributed by atoms with Crippen LogP contribution in [0, 0.1) is 13.8 Å². The molecule has 6 heteroatoms. The second kappa shape index (κ2) is 5.12. The van der Waals surface area contributed by atoms with Crippen LogP contribution in [-0.2, 0) is 0 Å². The van der Waals surface area contributed by atoms with Gasteiger partial charge in [-0.3, -0.25) is 0 Å². The number of aromatic nitrogens is 2. The summed E-state index contributed by atoms with van der Waals surface area (Å²) in [5, 5.41) is 4.33. The Balaban J connectivity index is 0.00000120. The van der Waals surface area contributed by atoms with Crippen molar-refractivity contribution in [3.8, 4) is 0 Å². The van der Waals surface area contributed by atoms with E-state index in [1.54, 1.807) is 0 Å². The minimum absolute atomic E-state index is 0. The predicted molar refractivity (Wildman–Crippen MR) is 73.6 cm³/mol. The van der Waals surface area contributed by atoms with Gasteiger partial charge in [0.25, 0.3) is 0 Å². The van der Waals surface area contributed by atoms with Crippen LogP contribution in [0.15, 0.2) is 10.5 Å². The average Bonchev–Trinajstić information content (AvgIpc) is 2.71. The van der Waals surface area contributed by atoms with Crippen LogP contribution < -0.4 is 10.2 Å². The third-order valence-electron chi connectivity index (χ3n) is 3.09. The van der Waals surface area contributed by atoms with Gasteiger partial charge in [-0.15, -0.1) is 12.4 Å². The van der Waals surface area contributed by atoms with E-state index in [9.17, 15) is 0 Å². The van der Waals surface area contributed by atoms with Crippen molar-refractivity contribution in [2.75, 3.05) is 31.1 Å². The molecular weight excluding hydrogens is 252 g/mol. The Morgan fingerprint density at radius 1 is 1.22 bits per heavy atom. The molecular formula is C12H17ClN4O. The van der Waals surface area contributed by atoms with Gasteiger partial charge < -0.3 is 14.6 Å². The van der Waals surface area contributed by atoms with E-state index >= 15 is 0 Å². The van der Waals surface area contributed by atoms with Crippen LogP contribution in [-0.4, -0.2) is 36.1 Å². The normalized spacial score (nSPS) is 15.8. The topological polar surface area (TPSA) is 54.2 Å². The molecule has 1 aliphatic heterocycles. The lowest BCUT2D eigenvalue weighted by atomic mass is 10.3. The highest BCUT2D eigenvalue weighted by molar-refractivity contribution is 5.85. The van der Waals surface area contributed by atoms with Gasteiger partial charge in [0.2, 0.25) is 11.7 Å². The van der Waals surface area contributed by atoms with Gasteiger partial charge in [-0.05, 0) is 19.9 Å². The molecule has 0 aliphatic carbocycles. The molecule has 1 N–H and O–H groups in total. The van der Waals surface area contributed by atoms with Crippen LogP contribution in [0.3, 0.4) is 0 Å². The maximum atomic E-state index is 5.59. The van der Waals surface area contributed by atoms with Gasteiger partial charge in [0.1, 0.15) is 5.76 Å². The van der Waals surface area contributed by atoms with Crippen molar-refractivity contribution in [3.63, 3.8) is 0 Å². The van der Waals surface area contributed by atoms with E-state index in [1.807, 2.05) is 19.9 Å². The summed E-state index contributed by atoms with van der Waals surface area (Å²) in [7, 11) is 0. The monoisotopic (exact) mass is 268 g/mol. The number of aryl methyl sites for hydroxylation is 2. The van der Waals surface area contributed by atoms with Gasteiger partial charge in [0, 0.05) is 26.2 Å². The van der Waals surface area contributed by atoms with Gasteiger partial charge >= 0.3 is 0 Å². The van der Waals surface area contributed by atoms with Gasteiger partial charge in [-0.25, -0.2) is 4.98 Å². The number of nitrogens with one attached hydrogen (secondary N) is 1. The zero-order valence-corrected chi connectivity index (χ0v) is 11.4. The molecule has 0 atom stereocenters. The summed E-state index contributed by atoms with van der Waals surface area (Å²) >= 11 is 0. The van der Waals surface area contributed by atoms with E-state index in [-0.39, 0.29) is 12.4 Å². The van der Waals surface area contributed by atoms with E-state index in [2.05, 4.69) is 20.2 Å². The minimum atomic E-state index is 0. The number of furan rings is 1. The quantitative estimate of drug-likeness (QED) is 0.853. The lowest BCUT2D eigenvalue weighted by molar-refractivity contribution is 0.558. The van der Waals surface area contributed by atoms with Crippen molar-refractivity contribution in [2.24, 2.45) is 0 Å². The fourth-order valence-electron chi connectivity index (χ4n) is 2.18. The lowest BCUT2D eigenvalue weighted by Crippen LogP contribution is -2.44. The van der Waals surface area contributed by atoms with E-state index in [0.717, 1.165) is 49.0 Å². The van der Waals surface area contributed by atoms with Gasteiger partial charge in [0.05, 0.1) is 11.1 Å². The maximum absolute atomic E-state index is 5.59. The van der Waals surface area contributed by atoms with E-state index in [4.69, 9.17) is 4.42 Å². The van der Waals surface area contributed by atoms with Crippen molar-refractivity contribution in [1.82, 2.24) is 15.3 Å². The summed E-state index contributed by atoms with van der Waals surface area (Å²) in [6, 6.07) is 1.99. The highest BCUT2D eigenvalue weighted by atomic mass is 35.5. The smallest absolute Gasteiger partial charge is 0.231 e. The van der Waals surface area contributed by atoms with E-state index < -0.39 is 0 Å². The van der Waals surface area contributed by atoms with Crippen molar-refractivity contribution in [1.29, 1.82) is 0 Å². The molecule has 5 nitrogen and oxygen atoms in total. The van der Waals surface area contributed by atoms with Crippen molar-refractivity contribution in [3.05, 3.63) is 17.5 Å². The summed E-state index contributed by atoms with van der Waals surface area (Å²) < 4.78 is 5.59. The number of hydrogen-bond donors (Lipinski definition) is 1. The second-order valence-corrected chi connectivity index (χ2v) is 4.42.